The molecule has 1 aliphatic carbocycles. The lowest BCUT2D eigenvalue weighted by molar-refractivity contribution is -0.129. The van der Waals surface area contributed by atoms with E-state index in [0.29, 0.717) is 13.1 Å². The fourth-order valence-corrected chi connectivity index (χ4v) is 3.59. The van der Waals surface area contributed by atoms with Crippen molar-refractivity contribution in [2.24, 2.45) is 5.92 Å². The van der Waals surface area contributed by atoms with Crippen LogP contribution in [0.5, 0.6) is 0 Å². The molecule has 1 saturated carbocycles. The Hall–Kier alpha value is -2.57. The van der Waals surface area contributed by atoms with Crippen LogP contribution in [-0.4, -0.2) is 35.3 Å². The third-order valence-corrected chi connectivity index (χ3v) is 5.04. The summed E-state index contributed by atoms with van der Waals surface area (Å²) in [6, 6.07) is 9.47. The first-order chi connectivity index (χ1) is 12.6. The van der Waals surface area contributed by atoms with Gasteiger partial charge in [0.2, 0.25) is 11.8 Å². The molecule has 0 aromatic heterocycles. The van der Waals surface area contributed by atoms with Crippen LogP contribution in [0.25, 0.3) is 0 Å². The van der Waals surface area contributed by atoms with Crippen LogP contribution in [0.15, 0.2) is 30.3 Å². The van der Waals surface area contributed by atoms with E-state index in [1.165, 1.54) is 6.42 Å². The number of hydrogen-bond donors (Lipinski definition) is 3. The number of nitrogens with one attached hydrogen (secondary N) is 3. The van der Waals surface area contributed by atoms with Gasteiger partial charge in [-0.2, -0.15) is 0 Å². The van der Waals surface area contributed by atoms with E-state index >= 15 is 0 Å². The van der Waals surface area contributed by atoms with Crippen LogP contribution in [0.4, 0.5) is 4.79 Å². The van der Waals surface area contributed by atoms with E-state index in [4.69, 9.17) is 0 Å². The maximum Gasteiger partial charge on any atom is 0.333 e. The minimum absolute atomic E-state index is 0.0411. The quantitative estimate of drug-likeness (QED) is 0.716. The molecule has 3 N–H and O–H groups in total. The Bertz CT molecular complexity index is 643. The average molecular weight is 358 g/mol. The van der Waals surface area contributed by atoms with Crippen molar-refractivity contribution < 1.29 is 14.4 Å². The number of hydrogen-bond acceptors (Lipinski definition) is 3. The topological polar surface area (TPSA) is 90.5 Å². The van der Waals surface area contributed by atoms with Gasteiger partial charge < -0.3 is 10.2 Å². The molecule has 0 spiro atoms. The lowest BCUT2D eigenvalue weighted by Gasteiger charge is -2.23. The van der Waals surface area contributed by atoms with Gasteiger partial charge in [0.05, 0.1) is 5.92 Å². The molecule has 140 valence electrons. The molecule has 0 bridgehead atoms. The van der Waals surface area contributed by atoms with E-state index in [2.05, 4.69) is 16.2 Å². The zero-order chi connectivity index (χ0) is 18.4. The van der Waals surface area contributed by atoms with Gasteiger partial charge in [0.1, 0.15) is 0 Å². The normalized spacial score (nSPS) is 20.7. The third-order valence-electron chi connectivity index (χ3n) is 5.04. The van der Waals surface area contributed by atoms with Crippen LogP contribution < -0.4 is 16.2 Å². The Balaban J connectivity index is 1.42. The van der Waals surface area contributed by atoms with Crippen molar-refractivity contribution in [2.75, 3.05) is 6.54 Å². The highest BCUT2D eigenvalue weighted by atomic mass is 16.2. The molecule has 1 heterocycles. The summed E-state index contributed by atoms with van der Waals surface area (Å²) in [4.78, 5) is 38.0. The number of carbonyl (C=O) groups is 3. The molecule has 1 aromatic rings. The molecule has 0 unspecified atom stereocenters. The number of likely N-dealkylation sites (tertiary alicyclic amines) is 1. The fraction of sp³-hybridized carbons (Fsp3) is 0.526. The molecular weight excluding hydrogens is 332 g/mol. The Morgan fingerprint density at radius 1 is 1.04 bits per heavy atom. The predicted molar refractivity (Wildman–Crippen MR) is 96.6 cm³/mol. The minimum atomic E-state index is -0.443. The number of carbonyl (C=O) groups excluding carboxylic acids is 3. The van der Waals surface area contributed by atoms with Gasteiger partial charge in [0.15, 0.2) is 0 Å². The summed E-state index contributed by atoms with van der Waals surface area (Å²) in [6.45, 7) is 0.866. The maximum atomic E-state index is 12.3. The molecule has 4 amide bonds. The number of rotatable bonds is 4. The highest BCUT2D eigenvalue weighted by Crippen LogP contribution is 2.20. The van der Waals surface area contributed by atoms with Crippen LogP contribution in [0, 0.1) is 5.92 Å². The van der Waals surface area contributed by atoms with E-state index < -0.39 is 11.9 Å². The van der Waals surface area contributed by atoms with E-state index in [0.717, 1.165) is 31.2 Å². The maximum absolute atomic E-state index is 12.3. The van der Waals surface area contributed by atoms with Crippen molar-refractivity contribution in [1.82, 2.24) is 21.1 Å². The van der Waals surface area contributed by atoms with Crippen LogP contribution in [0.1, 0.15) is 44.1 Å². The van der Waals surface area contributed by atoms with Gasteiger partial charge >= 0.3 is 6.03 Å². The molecule has 1 saturated heterocycles. The monoisotopic (exact) mass is 358 g/mol. The first-order valence-electron chi connectivity index (χ1n) is 9.30. The first-order valence-corrected chi connectivity index (χ1v) is 9.30. The molecule has 26 heavy (non-hydrogen) atoms. The third kappa shape index (κ3) is 4.97. The van der Waals surface area contributed by atoms with Gasteiger partial charge in [-0.25, -0.2) is 10.2 Å². The van der Waals surface area contributed by atoms with Crippen molar-refractivity contribution in [3.63, 3.8) is 0 Å². The number of nitrogens with zero attached hydrogens (tertiary/aromatic N) is 1. The summed E-state index contributed by atoms with van der Waals surface area (Å²) in [5, 5.41) is 2.87. The van der Waals surface area contributed by atoms with Crippen LogP contribution in [-0.2, 0) is 16.1 Å². The predicted octanol–water partition coefficient (Wildman–Crippen LogP) is 1.70. The van der Waals surface area contributed by atoms with E-state index in [1.54, 1.807) is 4.90 Å². The van der Waals surface area contributed by atoms with Crippen molar-refractivity contribution in [2.45, 2.75) is 51.1 Å². The smallest absolute Gasteiger partial charge is 0.333 e. The summed E-state index contributed by atoms with van der Waals surface area (Å²) >= 11 is 0. The molecule has 2 fully saturated rings. The summed E-state index contributed by atoms with van der Waals surface area (Å²) in [6.07, 6.45) is 5.59. The van der Waals surface area contributed by atoms with Gasteiger partial charge in [0.25, 0.3) is 0 Å². The minimum Gasteiger partial charge on any atom is -0.338 e. The summed E-state index contributed by atoms with van der Waals surface area (Å²) in [7, 11) is 0. The molecule has 2 aliphatic rings. The second kappa shape index (κ2) is 8.69. The van der Waals surface area contributed by atoms with Gasteiger partial charge in [-0.05, 0) is 18.4 Å². The summed E-state index contributed by atoms with van der Waals surface area (Å²) < 4.78 is 0. The summed E-state index contributed by atoms with van der Waals surface area (Å²) in [5.41, 5.74) is 5.88. The van der Waals surface area contributed by atoms with Crippen molar-refractivity contribution in [3.8, 4) is 0 Å². The highest BCUT2D eigenvalue weighted by molar-refractivity contribution is 5.90. The highest BCUT2D eigenvalue weighted by Gasteiger charge is 2.34. The molecule has 3 rings (SSSR count). The van der Waals surface area contributed by atoms with Gasteiger partial charge in [-0.3, -0.25) is 15.0 Å². The zero-order valence-corrected chi connectivity index (χ0v) is 14.9. The van der Waals surface area contributed by atoms with Gasteiger partial charge in [-0.1, -0.05) is 49.6 Å². The number of amides is 4. The van der Waals surface area contributed by atoms with Gasteiger partial charge in [0, 0.05) is 25.6 Å². The number of benzene rings is 1. The molecule has 1 atom stereocenters. The van der Waals surface area contributed by atoms with Crippen molar-refractivity contribution >= 4 is 17.8 Å². The van der Waals surface area contributed by atoms with Crippen LogP contribution in [0.3, 0.4) is 0 Å². The zero-order valence-electron chi connectivity index (χ0n) is 14.9. The molecule has 1 aromatic carbocycles. The second-order valence-electron chi connectivity index (χ2n) is 7.08. The molecule has 0 radical (unpaired) electrons. The Morgan fingerprint density at radius 3 is 2.50 bits per heavy atom. The largest absolute Gasteiger partial charge is 0.338 e. The second-order valence-corrected chi connectivity index (χ2v) is 7.08. The summed E-state index contributed by atoms with van der Waals surface area (Å²) in [5.74, 6) is -0.811. The Labute approximate surface area is 153 Å². The van der Waals surface area contributed by atoms with Gasteiger partial charge in [-0.15, -0.1) is 0 Å². The first kappa shape index (κ1) is 18.2. The molecule has 1 aliphatic heterocycles. The fourth-order valence-electron chi connectivity index (χ4n) is 3.59. The lowest BCUT2D eigenvalue weighted by Crippen LogP contribution is -2.51. The SMILES string of the molecule is O=C(NNC(=O)[C@H]1CC(=O)N(Cc2ccccc2)C1)NC1CCCCC1. The van der Waals surface area contributed by atoms with Crippen molar-refractivity contribution in [1.29, 1.82) is 0 Å². The van der Waals surface area contributed by atoms with Crippen LogP contribution >= 0.6 is 0 Å². The molecule has 7 heteroatoms. The average Bonchev–Trinajstić information content (AvgIpc) is 3.02. The molecule has 7 nitrogen and oxygen atoms in total. The van der Waals surface area contributed by atoms with E-state index in [9.17, 15) is 14.4 Å². The van der Waals surface area contributed by atoms with E-state index in [-0.39, 0.29) is 24.3 Å². The van der Waals surface area contributed by atoms with Crippen molar-refractivity contribution in [3.05, 3.63) is 35.9 Å². The number of urea groups is 1. The lowest BCUT2D eigenvalue weighted by atomic mass is 9.96. The molecular formula is C19H26N4O3. The number of hydrazine groups is 1. The Morgan fingerprint density at radius 2 is 1.77 bits per heavy atom. The standard InChI is InChI=1S/C19H26N4O3/c24-17-11-15(13-23(17)12-14-7-3-1-4-8-14)18(25)21-22-19(26)20-16-9-5-2-6-10-16/h1,3-4,7-8,15-16H,2,5-6,9-13H2,(H,21,25)(H2,20,22,26)/t15-/m0/s1. The van der Waals surface area contributed by atoms with E-state index in [1.807, 2.05) is 30.3 Å². The van der Waals surface area contributed by atoms with Crippen LogP contribution in [0.2, 0.25) is 0 Å². The Kier molecular flexibility index (Phi) is 6.09.